The van der Waals surface area contributed by atoms with E-state index in [4.69, 9.17) is 0 Å². The Kier molecular flexibility index (Phi) is 6.17. The highest BCUT2D eigenvalue weighted by Gasteiger charge is 2.29. The van der Waals surface area contributed by atoms with Crippen LogP contribution in [0.4, 0.5) is 5.95 Å². The van der Waals surface area contributed by atoms with Crippen LogP contribution in [0.1, 0.15) is 36.4 Å². The van der Waals surface area contributed by atoms with Crippen LogP contribution in [-0.4, -0.2) is 58.0 Å². The van der Waals surface area contributed by atoms with Crippen LogP contribution in [0, 0.1) is 12.8 Å². The number of anilines is 1. The standard InChI is InChI=1S/C20H28N6OS/c1-15-23-18(14-28-15)12-25-10-5-16(6-11-25)19(27)24-17-4-2-9-26(13-17)20-21-7-3-8-22-20/h3,7-8,14,16-17H,2,4-6,9-13H2,1H3,(H,24,27). The van der Waals surface area contributed by atoms with Crippen molar-refractivity contribution in [3.8, 4) is 0 Å². The van der Waals surface area contributed by atoms with Gasteiger partial charge in [-0.15, -0.1) is 11.3 Å². The van der Waals surface area contributed by atoms with E-state index < -0.39 is 0 Å². The molecule has 0 saturated carbocycles. The zero-order valence-corrected chi connectivity index (χ0v) is 17.2. The number of aryl methyl sites for hydroxylation is 1. The van der Waals surface area contributed by atoms with Crippen LogP contribution in [0.2, 0.25) is 0 Å². The van der Waals surface area contributed by atoms with E-state index in [1.54, 1.807) is 23.7 Å². The second-order valence-electron chi connectivity index (χ2n) is 7.75. The molecule has 2 saturated heterocycles. The average molecular weight is 401 g/mol. The molecule has 2 fully saturated rings. The molecule has 0 spiro atoms. The monoisotopic (exact) mass is 400 g/mol. The number of aromatic nitrogens is 3. The normalized spacial score (nSPS) is 21.6. The Bertz CT molecular complexity index is 774. The zero-order chi connectivity index (χ0) is 19.3. The molecule has 0 bridgehead atoms. The van der Waals surface area contributed by atoms with Crippen molar-refractivity contribution >= 4 is 23.2 Å². The van der Waals surface area contributed by atoms with E-state index in [9.17, 15) is 4.79 Å². The first-order valence-corrected chi connectivity index (χ1v) is 11.0. The summed E-state index contributed by atoms with van der Waals surface area (Å²) in [5.74, 6) is 1.09. The number of carbonyl (C=O) groups is 1. The number of likely N-dealkylation sites (tertiary alicyclic amines) is 1. The Morgan fingerprint density at radius 3 is 2.71 bits per heavy atom. The van der Waals surface area contributed by atoms with Gasteiger partial charge in [0.05, 0.1) is 10.7 Å². The summed E-state index contributed by atoms with van der Waals surface area (Å²) < 4.78 is 0. The third kappa shape index (κ3) is 4.86. The number of thiazole rings is 1. The van der Waals surface area contributed by atoms with Crippen LogP contribution in [0.3, 0.4) is 0 Å². The second-order valence-corrected chi connectivity index (χ2v) is 8.81. The number of amides is 1. The molecular formula is C20H28N6OS. The maximum atomic E-state index is 12.8. The number of hydrogen-bond acceptors (Lipinski definition) is 7. The third-order valence-electron chi connectivity index (χ3n) is 5.61. The maximum Gasteiger partial charge on any atom is 0.225 e. The number of hydrogen-bond donors (Lipinski definition) is 1. The molecule has 1 unspecified atom stereocenters. The van der Waals surface area contributed by atoms with Gasteiger partial charge in [-0.25, -0.2) is 15.0 Å². The van der Waals surface area contributed by atoms with Crippen molar-refractivity contribution in [1.82, 2.24) is 25.2 Å². The van der Waals surface area contributed by atoms with Gasteiger partial charge in [0.25, 0.3) is 0 Å². The summed E-state index contributed by atoms with van der Waals surface area (Å²) in [4.78, 5) is 30.6. The number of nitrogens with one attached hydrogen (secondary N) is 1. The molecule has 0 radical (unpaired) electrons. The van der Waals surface area contributed by atoms with Crippen LogP contribution >= 0.6 is 11.3 Å². The summed E-state index contributed by atoms with van der Waals surface area (Å²) >= 11 is 1.70. The van der Waals surface area contributed by atoms with E-state index in [0.29, 0.717) is 0 Å². The first kappa shape index (κ1) is 19.3. The van der Waals surface area contributed by atoms with Gasteiger partial charge in [0.2, 0.25) is 11.9 Å². The number of rotatable bonds is 5. The topological polar surface area (TPSA) is 74.2 Å². The van der Waals surface area contributed by atoms with Gasteiger partial charge in [-0.2, -0.15) is 0 Å². The minimum Gasteiger partial charge on any atom is -0.351 e. The van der Waals surface area contributed by atoms with Crippen LogP contribution in [0.25, 0.3) is 0 Å². The molecule has 28 heavy (non-hydrogen) atoms. The summed E-state index contributed by atoms with van der Waals surface area (Å²) in [5.41, 5.74) is 1.15. The smallest absolute Gasteiger partial charge is 0.225 e. The number of nitrogens with zero attached hydrogens (tertiary/aromatic N) is 5. The molecule has 150 valence electrons. The van der Waals surface area contributed by atoms with Crippen molar-refractivity contribution in [2.24, 2.45) is 5.92 Å². The number of piperidine rings is 2. The highest BCUT2D eigenvalue weighted by molar-refractivity contribution is 7.09. The predicted octanol–water partition coefficient (Wildman–Crippen LogP) is 2.24. The zero-order valence-electron chi connectivity index (χ0n) is 16.4. The van der Waals surface area contributed by atoms with Gasteiger partial charge in [-0.3, -0.25) is 9.69 Å². The van der Waals surface area contributed by atoms with E-state index in [1.807, 2.05) is 13.0 Å². The molecule has 8 heteroatoms. The van der Waals surface area contributed by atoms with E-state index >= 15 is 0 Å². The van der Waals surface area contributed by atoms with Crippen molar-refractivity contribution in [2.75, 3.05) is 31.1 Å². The lowest BCUT2D eigenvalue weighted by Crippen LogP contribution is -2.50. The molecule has 1 amide bonds. The fraction of sp³-hybridized carbons (Fsp3) is 0.600. The fourth-order valence-electron chi connectivity index (χ4n) is 4.11. The van der Waals surface area contributed by atoms with Gasteiger partial charge in [0.15, 0.2) is 0 Å². The largest absolute Gasteiger partial charge is 0.351 e. The molecule has 0 aliphatic carbocycles. The summed E-state index contributed by atoms with van der Waals surface area (Å²) in [6, 6.07) is 2.01. The lowest BCUT2D eigenvalue weighted by Gasteiger charge is -2.35. The average Bonchev–Trinajstić information content (AvgIpc) is 3.14. The molecule has 2 aliphatic rings. The van der Waals surface area contributed by atoms with Crippen LogP contribution in [0.15, 0.2) is 23.8 Å². The SMILES string of the molecule is Cc1nc(CN2CCC(C(=O)NC3CCCN(c4ncccn4)C3)CC2)cs1. The maximum absolute atomic E-state index is 12.8. The summed E-state index contributed by atoms with van der Waals surface area (Å²) in [6.07, 6.45) is 7.46. The molecule has 2 aromatic heterocycles. The van der Waals surface area contributed by atoms with Crippen molar-refractivity contribution < 1.29 is 4.79 Å². The van der Waals surface area contributed by atoms with Crippen molar-refractivity contribution in [3.05, 3.63) is 34.5 Å². The van der Waals surface area contributed by atoms with Gasteiger partial charge in [0.1, 0.15) is 0 Å². The van der Waals surface area contributed by atoms with E-state index in [2.05, 4.69) is 35.4 Å². The molecule has 2 aromatic rings. The summed E-state index contributed by atoms with van der Waals surface area (Å²) in [5, 5.41) is 6.55. The van der Waals surface area contributed by atoms with Crippen LogP contribution in [-0.2, 0) is 11.3 Å². The molecule has 1 N–H and O–H groups in total. The Balaban J connectivity index is 1.24. The van der Waals surface area contributed by atoms with E-state index in [-0.39, 0.29) is 17.9 Å². The molecule has 4 rings (SSSR count). The lowest BCUT2D eigenvalue weighted by atomic mass is 9.95. The van der Waals surface area contributed by atoms with Gasteiger partial charge >= 0.3 is 0 Å². The predicted molar refractivity (Wildman–Crippen MR) is 110 cm³/mol. The van der Waals surface area contributed by atoms with Gasteiger partial charge in [0, 0.05) is 49.4 Å². The van der Waals surface area contributed by atoms with Crippen LogP contribution < -0.4 is 10.2 Å². The minimum absolute atomic E-state index is 0.122. The quantitative estimate of drug-likeness (QED) is 0.830. The van der Waals surface area contributed by atoms with E-state index in [0.717, 1.165) is 75.1 Å². The van der Waals surface area contributed by atoms with Crippen LogP contribution in [0.5, 0.6) is 0 Å². The molecule has 0 aromatic carbocycles. The third-order valence-corrected chi connectivity index (χ3v) is 6.44. The summed E-state index contributed by atoms with van der Waals surface area (Å²) in [6.45, 7) is 6.60. The Morgan fingerprint density at radius 2 is 2.00 bits per heavy atom. The molecule has 2 aliphatic heterocycles. The van der Waals surface area contributed by atoms with Gasteiger partial charge < -0.3 is 10.2 Å². The Labute approximate surface area is 170 Å². The van der Waals surface area contributed by atoms with Crippen molar-refractivity contribution in [2.45, 2.75) is 45.2 Å². The summed E-state index contributed by atoms with van der Waals surface area (Å²) in [7, 11) is 0. The molecule has 4 heterocycles. The Morgan fingerprint density at radius 1 is 1.21 bits per heavy atom. The number of carbonyl (C=O) groups excluding carboxylic acids is 1. The van der Waals surface area contributed by atoms with Crippen molar-refractivity contribution in [1.29, 1.82) is 0 Å². The minimum atomic E-state index is 0.122. The molecular weight excluding hydrogens is 372 g/mol. The second kappa shape index (κ2) is 8.96. The van der Waals surface area contributed by atoms with Gasteiger partial charge in [-0.1, -0.05) is 0 Å². The highest BCUT2D eigenvalue weighted by atomic mass is 32.1. The molecule has 1 atom stereocenters. The van der Waals surface area contributed by atoms with E-state index in [1.165, 1.54) is 0 Å². The van der Waals surface area contributed by atoms with Crippen molar-refractivity contribution in [3.63, 3.8) is 0 Å². The lowest BCUT2D eigenvalue weighted by molar-refractivity contribution is -0.127. The first-order chi connectivity index (χ1) is 13.7. The first-order valence-electron chi connectivity index (χ1n) is 10.1. The molecule has 7 nitrogen and oxygen atoms in total. The van der Waals surface area contributed by atoms with Gasteiger partial charge in [-0.05, 0) is 51.8 Å². The fourth-order valence-corrected chi connectivity index (χ4v) is 4.72. The Hall–Kier alpha value is -2.06. The highest BCUT2D eigenvalue weighted by Crippen LogP contribution is 2.21.